The fourth-order valence-electron chi connectivity index (χ4n) is 2.85. The maximum atomic E-state index is 14.1. The van der Waals surface area contributed by atoms with Crippen molar-refractivity contribution in [3.8, 4) is 5.75 Å². The zero-order valence-electron chi connectivity index (χ0n) is 11.5. The van der Waals surface area contributed by atoms with Gasteiger partial charge in [0, 0.05) is 11.6 Å². The fraction of sp³-hybridized carbons (Fsp3) is 0.294. The molecule has 2 aromatic rings. The summed E-state index contributed by atoms with van der Waals surface area (Å²) in [4.78, 5) is 0. The molecule has 0 radical (unpaired) electrons. The van der Waals surface area contributed by atoms with E-state index in [2.05, 4.69) is 12.1 Å². The summed E-state index contributed by atoms with van der Waals surface area (Å²) in [5, 5.41) is 0. The standard InChI is InChI=1S/C17H18FNO/c1-20-14-7-8-15(16(18)10-14)17(19)13-6-5-11-3-2-4-12(11)9-13/h5-10,17H,2-4,19H2,1H3. The van der Waals surface area contributed by atoms with Crippen LogP contribution in [0, 0.1) is 5.82 Å². The van der Waals surface area contributed by atoms with Gasteiger partial charge >= 0.3 is 0 Å². The number of nitrogens with two attached hydrogens (primary N) is 1. The number of rotatable bonds is 3. The van der Waals surface area contributed by atoms with Crippen molar-refractivity contribution in [3.63, 3.8) is 0 Å². The summed E-state index contributed by atoms with van der Waals surface area (Å²) >= 11 is 0. The zero-order chi connectivity index (χ0) is 14.1. The molecule has 0 amide bonds. The van der Waals surface area contributed by atoms with Crippen molar-refractivity contribution >= 4 is 0 Å². The number of methoxy groups -OCH3 is 1. The third-order valence-corrected chi connectivity index (χ3v) is 4.02. The van der Waals surface area contributed by atoms with E-state index in [1.54, 1.807) is 12.1 Å². The van der Waals surface area contributed by atoms with Crippen molar-refractivity contribution in [3.05, 3.63) is 64.5 Å². The largest absolute Gasteiger partial charge is 0.497 e. The van der Waals surface area contributed by atoms with E-state index in [1.807, 2.05) is 6.07 Å². The van der Waals surface area contributed by atoms with Crippen LogP contribution in [0.1, 0.15) is 34.7 Å². The molecule has 3 heteroatoms. The van der Waals surface area contributed by atoms with Crippen molar-refractivity contribution in [2.24, 2.45) is 5.73 Å². The van der Waals surface area contributed by atoms with Crippen LogP contribution < -0.4 is 10.5 Å². The van der Waals surface area contributed by atoms with Crippen LogP contribution in [0.15, 0.2) is 36.4 Å². The third kappa shape index (κ3) is 2.29. The Morgan fingerprint density at radius 1 is 1.10 bits per heavy atom. The fourth-order valence-corrected chi connectivity index (χ4v) is 2.85. The Hall–Kier alpha value is -1.87. The smallest absolute Gasteiger partial charge is 0.132 e. The van der Waals surface area contributed by atoms with Crippen molar-refractivity contribution in [2.75, 3.05) is 7.11 Å². The molecule has 2 N–H and O–H groups in total. The first-order chi connectivity index (χ1) is 9.69. The highest BCUT2D eigenvalue weighted by atomic mass is 19.1. The van der Waals surface area contributed by atoms with E-state index in [9.17, 15) is 4.39 Å². The molecule has 1 aliphatic carbocycles. The van der Waals surface area contributed by atoms with Crippen LogP contribution in [0.2, 0.25) is 0 Å². The molecule has 1 atom stereocenters. The second kappa shape index (κ2) is 5.25. The molecule has 0 fully saturated rings. The summed E-state index contributed by atoms with van der Waals surface area (Å²) in [5.74, 6) is 0.185. The maximum absolute atomic E-state index is 14.1. The normalized spacial score (nSPS) is 14.9. The average Bonchev–Trinajstić information content (AvgIpc) is 2.93. The molecule has 0 bridgehead atoms. The number of fused-ring (bicyclic) bond motifs is 1. The molecular weight excluding hydrogens is 253 g/mol. The lowest BCUT2D eigenvalue weighted by molar-refractivity contribution is 0.410. The second-order valence-corrected chi connectivity index (χ2v) is 5.25. The molecule has 3 rings (SSSR count). The summed E-state index contributed by atoms with van der Waals surface area (Å²) < 4.78 is 19.1. The van der Waals surface area contributed by atoms with Gasteiger partial charge in [0.25, 0.3) is 0 Å². The van der Waals surface area contributed by atoms with Gasteiger partial charge in [-0.25, -0.2) is 4.39 Å². The average molecular weight is 271 g/mol. The highest BCUT2D eigenvalue weighted by Gasteiger charge is 2.17. The van der Waals surface area contributed by atoms with Crippen molar-refractivity contribution in [1.82, 2.24) is 0 Å². The van der Waals surface area contributed by atoms with Crippen LogP contribution in [-0.4, -0.2) is 7.11 Å². The first-order valence-electron chi connectivity index (χ1n) is 6.90. The van der Waals surface area contributed by atoms with Gasteiger partial charge in [0.2, 0.25) is 0 Å². The molecule has 0 aromatic heterocycles. The van der Waals surface area contributed by atoms with Crippen LogP contribution in [0.5, 0.6) is 5.75 Å². The van der Waals surface area contributed by atoms with Gasteiger partial charge in [-0.2, -0.15) is 0 Å². The minimum Gasteiger partial charge on any atom is -0.497 e. The Labute approximate surface area is 118 Å². The first kappa shape index (κ1) is 13.1. The Bertz CT molecular complexity index is 639. The molecule has 0 saturated heterocycles. The molecule has 1 unspecified atom stereocenters. The number of aryl methyl sites for hydroxylation is 2. The third-order valence-electron chi connectivity index (χ3n) is 4.02. The molecule has 0 heterocycles. The summed E-state index contributed by atoms with van der Waals surface area (Å²) in [6.45, 7) is 0. The molecule has 104 valence electrons. The van der Waals surface area contributed by atoms with Gasteiger partial charge in [0.15, 0.2) is 0 Å². The zero-order valence-corrected chi connectivity index (χ0v) is 11.5. The number of hydrogen-bond donors (Lipinski definition) is 1. The highest BCUT2D eigenvalue weighted by molar-refractivity contribution is 5.41. The predicted octanol–water partition coefficient (Wildman–Crippen LogP) is 3.37. The monoisotopic (exact) mass is 271 g/mol. The second-order valence-electron chi connectivity index (χ2n) is 5.25. The number of hydrogen-bond acceptors (Lipinski definition) is 2. The van der Waals surface area contributed by atoms with Gasteiger partial charge in [-0.15, -0.1) is 0 Å². The molecular formula is C17H18FNO. The minimum absolute atomic E-state index is 0.322. The Morgan fingerprint density at radius 3 is 2.65 bits per heavy atom. The van der Waals surface area contributed by atoms with E-state index in [0.717, 1.165) is 18.4 Å². The van der Waals surface area contributed by atoms with Crippen molar-refractivity contribution in [2.45, 2.75) is 25.3 Å². The van der Waals surface area contributed by atoms with Gasteiger partial charge in [0.05, 0.1) is 13.2 Å². The lowest BCUT2D eigenvalue weighted by Gasteiger charge is -2.15. The summed E-state index contributed by atoms with van der Waals surface area (Å²) in [6.07, 6.45) is 3.44. The van der Waals surface area contributed by atoms with Gasteiger partial charge in [-0.1, -0.05) is 24.3 Å². The van der Waals surface area contributed by atoms with Crippen LogP contribution in [0.25, 0.3) is 0 Å². The summed E-state index contributed by atoms with van der Waals surface area (Å²) in [7, 11) is 1.52. The van der Waals surface area contributed by atoms with Gasteiger partial charge in [-0.3, -0.25) is 0 Å². The van der Waals surface area contributed by atoms with E-state index < -0.39 is 6.04 Å². The summed E-state index contributed by atoms with van der Waals surface area (Å²) in [5.41, 5.74) is 10.4. The van der Waals surface area contributed by atoms with E-state index in [-0.39, 0.29) is 5.82 Å². The summed E-state index contributed by atoms with van der Waals surface area (Å²) in [6, 6.07) is 10.6. The van der Waals surface area contributed by atoms with Crippen molar-refractivity contribution < 1.29 is 9.13 Å². The molecule has 1 aliphatic rings. The predicted molar refractivity (Wildman–Crippen MR) is 77.4 cm³/mol. The molecule has 0 saturated carbocycles. The van der Waals surface area contributed by atoms with Crippen molar-refractivity contribution in [1.29, 1.82) is 0 Å². The van der Waals surface area contributed by atoms with E-state index in [1.165, 1.54) is 30.7 Å². The van der Waals surface area contributed by atoms with Gasteiger partial charge in [0.1, 0.15) is 11.6 Å². The molecule has 0 spiro atoms. The molecule has 2 nitrogen and oxygen atoms in total. The van der Waals surface area contributed by atoms with Crippen LogP contribution >= 0.6 is 0 Å². The van der Waals surface area contributed by atoms with Gasteiger partial charge < -0.3 is 10.5 Å². The minimum atomic E-state index is -0.438. The Kier molecular flexibility index (Phi) is 3.45. The lowest BCUT2D eigenvalue weighted by Crippen LogP contribution is -2.14. The number of benzene rings is 2. The quantitative estimate of drug-likeness (QED) is 0.929. The highest BCUT2D eigenvalue weighted by Crippen LogP contribution is 2.29. The van der Waals surface area contributed by atoms with E-state index in [4.69, 9.17) is 10.5 Å². The van der Waals surface area contributed by atoms with E-state index in [0.29, 0.717) is 11.3 Å². The maximum Gasteiger partial charge on any atom is 0.132 e. The molecule has 2 aromatic carbocycles. The Morgan fingerprint density at radius 2 is 1.90 bits per heavy atom. The number of ether oxygens (including phenoxy) is 1. The molecule has 0 aliphatic heterocycles. The molecule has 20 heavy (non-hydrogen) atoms. The van der Waals surface area contributed by atoms with Crippen LogP contribution in [-0.2, 0) is 12.8 Å². The SMILES string of the molecule is COc1ccc(C(N)c2ccc3c(c2)CCC3)c(F)c1. The topological polar surface area (TPSA) is 35.2 Å². The van der Waals surface area contributed by atoms with Crippen LogP contribution in [0.4, 0.5) is 4.39 Å². The van der Waals surface area contributed by atoms with E-state index >= 15 is 0 Å². The Balaban J connectivity index is 1.94. The van der Waals surface area contributed by atoms with Crippen LogP contribution in [0.3, 0.4) is 0 Å². The lowest BCUT2D eigenvalue weighted by atomic mass is 9.96. The first-order valence-corrected chi connectivity index (χ1v) is 6.90. The van der Waals surface area contributed by atoms with Gasteiger partial charge in [-0.05, 0) is 42.0 Å². The number of halogens is 1.